The van der Waals surface area contributed by atoms with Crippen molar-refractivity contribution in [2.75, 3.05) is 6.54 Å². The fourth-order valence-corrected chi connectivity index (χ4v) is 2.52. The van der Waals surface area contributed by atoms with Crippen LogP contribution in [0.1, 0.15) is 62.5 Å². The third-order valence-corrected chi connectivity index (χ3v) is 3.95. The molecular formula is C21H29N3O2. The Labute approximate surface area is 156 Å². The third kappa shape index (κ3) is 10.3. The minimum absolute atomic E-state index is 0.0661. The lowest BCUT2D eigenvalue weighted by Gasteiger charge is -2.02. The average Bonchev–Trinajstić information content (AvgIpc) is 2.64. The van der Waals surface area contributed by atoms with Crippen LogP contribution < -0.4 is 5.43 Å². The lowest BCUT2D eigenvalue weighted by atomic mass is 10.1. The van der Waals surface area contributed by atoms with Crippen molar-refractivity contribution >= 4 is 30.7 Å². The Hall–Kier alpha value is -2.56. The molecule has 5 heteroatoms. The topological polar surface area (TPSA) is 70.9 Å². The Kier molecular flexibility index (Phi) is 11.3. The van der Waals surface area contributed by atoms with Crippen LogP contribution in [0.15, 0.2) is 40.9 Å². The maximum absolute atomic E-state index is 11.7. The molecule has 0 saturated heterocycles. The molecule has 0 aliphatic rings. The summed E-state index contributed by atoms with van der Waals surface area (Å²) in [7, 11) is 0. The number of rotatable bonds is 14. The van der Waals surface area contributed by atoms with Gasteiger partial charge in [0.2, 0.25) is 5.91 Å². The van der Waals surface area contributed by atoms with E-state index in [9.17, 15) is 9.59 Å². The van der Waals surface area contributed by atoms with E-state index in [1.807, 2.05) is 24.3 Å². The molecule has 1 N–H and O–H groups in total. The molecule has 26 heavy (non-hydrogen) atoms. The summed E-state index contributed by atoms with van der Waals surface area (Å²) < 4.78 is 0. The molecule has 140 valence electrons. The van der Waals surface area contributed by atoms with E-state index in [0.717, 1.165) is 49.7 Å². The number of aliphatic imine (C=N–C) groups is 1. The van der Waals surface area contributed by atoms with E-state index in [0.29, 0.717) is 12.8 Å². The molecule has 0 aliphatic carbocycles. The molecule has 0 aromatic heterocycles. The van der Waals surface area contributed by atoms with E-state index < -0.39 is 0 Å². The molecule has 0 atom stereocenters. The van der Waals surface area contributed by atoms with E-state index in [1.165, 1.54) is 0 Å². The lowest BCUT2D eigenvalue weighted by molar-refractivity contribution is -0.121. The predicted molar refractivity (Wildman–Crippen MR) is 109 cm³/mol. The van der Waals surface area contributed by atoms with Crippen LogP contribution in [0.2, 0.25) is 0 Å². The fourth-order valence-electron chi connectivity index (χ4n) is 2.52. The van der Waals surface area contributed by atoms with Gasteiger partial charge in [-0.3, -0.25) is 14.6 Å². The minimum atomic E-state index is -0.0661. The van der Waals surface area contributed by atoms with Crippen LogP contribution in [0.4, 0.5) is 0 Å². The Balaban J connectivity index is 2.04. The maximum Gasteiger partial charge on any atom is 0.240 e. The van der Waals surface area contributed by atoms with Crippen molar-refractivity contribution in [3.8, 4) is 0 Å². The van der Waals surface area contributed by atoms with E-state index in [2.05, 4.69) is 28.8 Å². The first-order chi connectivity index (χ1) is 12.7. The fraction of sp³-hybridized carbons (Fsp3) is 0.429. The number of nitrogens with one attached hydrogen (secondary N) is 1. The third-order valence-electron chi connectivity index (χ3n) is 3.95. The summed E-state index contributed by atoms with van der Waals surface area (Å²) in [6.45, 7) is 7.28. The largest absolute Gasteiger partial charge is 0.298 e. The first-order valence-electron chi connectivity index (χ1n) is 9.14. The zero-order chi connectivity index (χ0) is 19.0. The van der Waals surface area contributed by atoms with Crippen molar-refractivity contribution in [2.45, 2.75) is 51.4 Å². The van der Waals surface area contributed by atoms with Crippen molar-refractivity contribution < 1.29 is 9.59 Å². The van der Waals surface area contributed by atoms with Gasteiger partial charge >= 0.3 is 0 Å². The molecule has 0 radical (unpaired) electrons. The van der Waals surface area contributed by atoms with Gasteiger partial charge in [0.15, 0.2) is 5.78 Å². The molecule has 0 bridgehead atoms. The van der Waals surface area contributed by atoms with Gasteiger partial charge in [-0.25, -0.2) is 5.43 Å². The number of hydrogen-bond acceptors (Lipinski definition) is 4. The highest BCUT2D eigenvalue weighted by Crippen LogP contribution is 2.09. The molecule has 0 spiro atoms. The summed E-state index contributed by atoms with van der Waals surface area (Å²) in [5, 5.41) is 3.99. The average molecular weight is 355 g/mol. The Morgan fingerprint density at radius 1 is 1.00 bits per heavy atom. The number of amides is 1. The number of benzene rings is 1. The van der Waals surface area contributed by atoms with E-state index in [-0.39, 0.29) is 18.2 Å². The van der Waals surface area contributed by atoms with Crippen LogP contribution in [0, 0.1) is 0 Å². The summed E-state index contributed by atoms with van der Waals surface area (Å²) in [4.78, 5) is 26.6. The van der Waals surface area contributed by atoms with Gasteiger partial charge in [-0.15, -0.1) is 0 Å². The van der Waals surface area contributed by atoms with Gasteiger partial charge in [0.25, 0.3) is 0 Å². The van der Waals surface area contributed by atoms with Gasteiger partial charge in [-0.2, -0.15) is 5.10 Å². The van der Waals surface area contributed by atoms with Crippen LogP contribution in [0.25, 0.3) is 6.08 Å². The molecule has 0 aliphatic heterocycles. The highest BCUT2D eigenvalue weighted by molar-refractivity contribution is 5.83. The summed E-state index contributed by atoms with van der Waals surface area (Å²) in [6.07, 6.45) is 10.5. The number of Topliss-reactive ketones (excluding diaryl/α,β-unsaturated/α-hetero) is 1. The summed E-state index contributed by atoms with van der Waals surface area (Å²) >= 11 is 0. The summed E-state index contributed by atoms with van der Waals surface area (Å²) in [5.74, 6) is 0.0945. The Bertz CT molecular complexity index is 623. The second-order valence-corrected chi connectivity index (χ2v) is 6.21. The van der Waals surface area contributed by atoms with Crippen LogP contribution in [0.3, 0.4) is 0 Å². The first kappa shape index (κ1) is 21.5. The normalized spacial score (nSPS) is 10.6. The summed E-state index contributed by atoms with van der Waals surface area (Å²) in [5.41, 5.74) is 4.49. The number of hydrazone groups is 1. The van der Waals surface area contributed by atoms with Gasteiger partial charge in [0.05, 0.1) is 12.8 Å². The Morgan fingerprint density at radius 3 is 2.35 bits per heavy atom. The number of carbonyl (C=O) groups excluding carboxylic acids is 2. The smallest absolute Gasteiger partial charge is 0.240 e. The monoisotopic (exact) mass is 355 g/mol. The van der Waals surface area contributed by atoms with E-state index in [1.54, 1.807) is 12.3 Å². The quantitative estimate of drug-likeness (QED) is 0.309. The van der Waals surface area contributed by atoms with Gasteiger partial charge < -0.3 is 0 Å². The molecule has 0 fully saturated rings. The second-order valence-electron chi connectivity index (χ2n) is 6.21. The van der Waals surface area contributed by atoms with Crippen molar-refractivity contribution in [1.82, 2.24) is 5.43 Å². The van der Waals surface area contributed by atoms with Crippen molar-refractivity contribution in [2.24, 2.45) is 10.1 Å². The highest BCUT2D eigenvalue weighted by Gasteiger charge is 2.01. The molecule has 0 heterocycles. The lowest BCUT2D eigenvalue weighted by Crippen LogP contribution is -2.16. The number of ketones is 1. The van der Waals surface area contributed by atoms with Crippen molar-refractivity contribution in [3.05, 3.63) is 42.0 Å². The van der Waals surface area contributed by atoms with Gasteiger partial charge in [-0.05, 0) is 36.8 Å². The van der Waals surface area contributed by atoms with E-state index in [4.69, 9.17) is 0 Å². The molecule has 5 nitrogen and oxygen atoms in total. The molecule has 1 amide bonds. The second kappa shape index (κ2) is 13.7. The SMILES string of the molecule is C=Cc1cccc(/C=N/NC(=O)CCCCCCCCC(=O)CN=C)c1. The Morgan fingerprint density at radius 2 is 1.65 bits per heavy atom. The van der Waals surface area contributed by atoms with Gasteiger partial charge in [0.1, 0.15) is 0 Å². The zero-order valence-electron chi connectivity index (χ0n) is 15.5. The summed E-state index contributed by atoms with van der Waals surface area (Å²) in [6, 6.07) is 7.75. The highest BCUT2D eigenvalue weighted by atomic mass is 16.2. The maximum atomic E-state index is 11.7. The number of hydrogen-bond donors (Lipinski definition) is 1. The number of unbranched alkanes of at least 4 members (excludes halogenated alkanes) is 5. The first-order valence-corrected chi connectivity index (χ1v) is 9.14. The van der Waals surface area contributed by atoms with Crippen LogP contribution in [0.5, 0.6) is 0 Å². The molecule has 0 saturated carbocycles. The van der Waals surface area contributed by atoms with Crippen LogP contribution in [-0.4, -0.2) is 31.2 Å². The zero-order valence-corrected chi connectivity index (χ0v) is 15.5. The van der Waals surface area contributed by atoms with Crippen molar-refractivity contribution in [3.63, 3.8) is 0 Å². The van der Waals surface area contributed by atoms with Gasteiger partial charge in [0, 0.05) is 12.8 Å². The minimum Gasteiger partial charge on any atom is -0.298 e. The van der Waals surface area contributed by atoms with Gasteiger partial charge in [-0.1, -0.05) is 56.5 Å². The molecular weight excluding hydrogens is 326 g/mol. The molecule has 1 rings (SSSR count). The van der Waals surface area contributed by atoms with E-state index >= 15 is 0 Å². The standard InChI is InChI=1S/C21H29N3O2/c1-3-18-11-10-12-19(15-18)16-23-24-21(26)14-9-7-5-4-6-8-13-20(25)17-22-2/h3,10-12,15-16H,1-2,4-9,13-14,17H2,(H,24,26)/b23-16+. The molecule has 1 aromatic carbocycles. The predicted octanol–water partition coefficient (Wildman–Crippen LogP) is 4.17. The number of nitrogens with zero attached hydrogens (tertiary/aromatic N) is 2. The van der Waals surface area contributed by atoms with Crippen LogP contribution in [-0.2, 0) is 9.59 Å². The van der Waals surface area contributed by atoms with Crippen LogP contribution >= 0.6 is 0 Å². The molecule has 1 aromatic rings. The van der Waals surface area contributed by atoms with Crippen molar-refractivity contribution in [1.29, 1.82) is 0 Å². The number of carbonyl (C=O) groups is 2. The molecule has 0 unspecified atom stereocenters.